The third kappa shape index (κ3) is 2.87. The lowest BCUT2D eigenvalue weighted by Crippen LogP contribution is -2.49. The molecule has 0 spiro atoms. The molecule has 2 amide bonds. The Kier molecular flexibility index (Phi) is 4.76. The number of rotatable bonds is 5. The minimum Gasteiger partial charge on any atom is -0.417 e. The van der Waals surface area contributed by atoms with E-state index in [4.69, 9.17) is 20.5 Å². The topological polar surface area (TPSA) is 85.6 Å². The van der Waals surface area contributed by atoms with E-state index < -0.39 is 31.4 Å². The molecule has 0 N–H and O–H groups in total. The minimum absolute atomic E-state index is 0.0646. The summed E-state index contributed by atoms with van der Waals surface area (Å²) in [6.07, 6.45) is 1.72. The molecule has 6 rings (SSSR count). The number of carbonyl (C=O) groups is 2. The van der Waals surface area contributed by atoms with Crippen LogP contribution < -0.4 is 4.90 Å². The van der Waals surface area contributed by atoms with Crippen LogP contribution in [0.15, 0.2) is 30.5 Å². The zero-order chi connectivity index (χ0) is 25.8. The summed E-state index contributed by atoms with van der Waals surface area (Å²) in [5.74, 6) is -1.78. The van der Waals surface area contributed by atoms with Gasteiger partial charge in [0.15, 0.2) is 8.32 Å². The minimum atomic E-state index is -2.00. The molecule has 9 heteroatoms. The van der Waals surface area contributed by atoms with E-state index in [0.29, 0.717) is 35.3 Å². The third-order valence-electron chi connectivity index (χ3n) is 9.25. The first kappa shape index (κ1) is 23.7. The van der Waals surface area contributed by atoms with Crippen LogP contribution in [-0.2, 0) is 23.5 Å². The summed E-state index contributed by atoms with van der Waals surface area (Å²) in [5.41, 5.74) is -0.383. The van der Waals surface area contributed by atoms with Crippen molar-refractivity contribution in [3.8, 4) is 0 Å². The Morgan fingerprint density at radius 2 is 1.89 bits per heavy atom. The van der Waals surface area contributed by atoms with Crippen molar-refractivity contribution in [3.63, 3.8) is 0 Å². The average Bonchev–Trinajstić information content (AvgIpc) is 3.48. The Labute approximate surface area is 211 Å². The summed E-state index contributed by atoms with van der Waals surface area (Å²) in [4.78, 5) is 37.2. The number of pyridine rings is 1. The molecule has 2 unspecified atom stereocenters. The quantitative estimate of drug-likeness (QED) is 0.255. The maximum atomic E-state index is 14.1. The Hall–Kier alpha value is -2.64. The van der Waals surface area contributed by atoms with Gasteiger partial charge in [0.1, 0.15) is 23.4 Å². The molecular weight excluding hydrogens is 474 g/mol. The van der Waals surface area contributed by atoms with Crippen molar-refractivity contribution < 1.29 is 23.5 Å². The second-order valence-electron chi connectivity index (χ2n) is 12.2. The molecule has 5 heterocycles. The van der Waals surface area contributed by atoms with Gasteiger partial charge in [-0.05, 0) is 37.2 Å². The van der Waals surface area contributed by atoms with Gasteiger partial charge in [-0.2, -0.15) is 0 Å². The van der Waals surface area contributed by atoms with Gasteiger partial charge < -0.3 is 13.9 Å². The number of amides is 2. The monoisotopic (exact) mass is 505 g/mol. The highest BCUT2D eigenvalue weighted by atomic mass is 28.4. The number of benzene rings is 1. The number of imide groups is 1. The van der Waals surface area contributed by atoms with E-state index in [0.717, 1.165) is 0 Å². The van der Waals surface area contributed by atoms with E-state index >= 15 is 0 Å². The highest BCUT2D eigenvalue weighted by Crippen LogP contribution is 2.69. The molecule has 6 atom stereocenters. The first-order chi connectivity index (χ1) is 16.9. The maximum absolute atomic E-state index is 14.1. The molecule has 1 aromatic carbocycles. The van der Waals surface area contributed by atoms with Gasteiger partial charge in [0.25, 0.3) is 0 Å². The second kappa shape index (κ2) is 7.23. The molecule has 0 aliphatic carbocycles. The highest BCUT2D eigenvalue weighted by Gasteiger charge is 2.86. The zero-order valence-electron chi connectivity index (χ0n) is 21.5. The molecule has 36 heavy (non-hydrogen) atoms. The molecular formula is C27H31N3O5Si. The molecule has 2 bridgehead atoms. The predicted octanol–water partition coefficient (Wildman–Crippen LogP) is 4.61. The molecule has 4 saturated heterocycles. The van der Waals surface area contributed by atoms with E-state index in [-0.39, 0.29) is 29.1 Å². The van der Waals surface area contributed by atoms with E-state index in [1.165, 1.54) is 4.90 Å². The Morgan fingerprint density at radius 1 is 1.17 bits per heavy atom. The van der Waals surface area contributed by atoms with E-state index in [9.17, 15) is 9.59 Å². The first-order valence-electron chi connectivity index (χ1n) is 12.5. The number of anilines is 1. The largest absolute Gasteiger partial charge is 0.417 e. The lowest BCUT2D eigenvalue weighted by atomic mass is 9.67. The summed E-state index contributed by atoms with van der Waals surface area (Å²) in [7, 11) is -2.00. The second-order valence-corrected chi connectivity index (χ2v) is 17.0. The van der Waals surface area contributed by atoms with Crippen LogP contribution in [0.1, 0.15) is 34.1 Å². The number of fused-ring (bicyclic) bond motifs is 9. The summed E-state index contributed by atoms with van der Waals surface area (Å²) >= 11 is 0. The van der Waals surface area contributed by atoms with Crippen molar-refractivity contribution in [3.05, 3.63) is 41.9 Å². The number of hydrogen-bond acceptors (Lipinski definition) is 6. The van der Waals surface area contributed by atoms with Crippen LogP contribution in [0.4, 0.5) is 11.4 Å². The molecule has 0 saturated carbocycles. The third-order valence-corrected chi connectivity index (χ3v) is 13.8. The fourth-order valence-corrected chi connectivity index (χ4v) is 7.41. The van der Waals surface area contributed by atoms with Gasteiger partial charge in [-0.15, -0.1) is 0 Å². The lowest BCUT2D eigenvalue weighted by molar-refractivity contribution is -0.145. The van der Waals surface area contributed by atoms with Crippen molar-refractivity contribution in [2.45, 2.75) is 75.7 Å². The van der Waals surface area contributed by atoms with Crippen LogP contribution in [0.2, 0.25) is 18.1 Å². The molecule has 4 aliphatic rings. The normalized spacial score (nSPS) is 34.8. The zero-order valence-corrected chi connectivity index (χ0v) is 22.5. The number of hydrogen-bond donors (Lipinski definition) is 0. The fourth-order valence-electron chi connectivity index (χ4n) is 6.36. The molecule has 8 nitrogen and oxygen atoms in total. The SMILES string of the molecule is [C-]#[N+]c1ccc(N2C(=O)[C@@H]3[C@H](C2=O)C2(C)OC3(CCO[Si](C)(C)C(C)(C)C)[C@H]3O[C@H]32)c2cccnc12. The predicted molar refractivity (Wildman–Crippen MR) is 136 cm³/mol. The van der Waals surface area contributed by atoms with Crippen LogP contribution in [0.3, 0.4) is 0 Å². The van der Waals surface area contributed by atoms with Gasteiger partial charge in [0, 0.05) is 24.6 Å². The molecule has 0 radical (unpaired) electrons. The summed E-state index contributed by atoms with van der Waals surface area (Å²) in [6, 6.07) is 6.87. The number of aromatic nitrogens is 1. The van der Waals surface area contributed by atoms with Gasteiger partial charge in [0.2, 0.25) is 17.5 Å². The number of nitrogens with zero attached hydrogens (tertiary/aromatic N) is 3. The lowest BCUT2D eigenvalue weighted by Gasteiger charge is -2.38. The van der Waals surface area contributed by atoms with E-state index in [2.05, 4.69) is 43.7 Å². The van der Waals surface area contributed by atoms with Crippen molar-refractivity contribution in [1.29, 1.82) is 0 Å². The van der Waals surface area contributed by atoms with Gasteiger partial charge in [-0.1, -0.05) is 32.9 Å². The highest BCUT2D eigenvalue weighted by molar-refractivity contribution is 6.74. The van der Waals surface area contributed by atoms with Gasteiger partial charge in [0.05, 0.1) is 29.6 Å². The van der Waals surface area contributed by atoms with Crippen LogP contribution in [0.25, 0.3) is 15.7 Å². The number of epoxide rings is 1. The number of carbonyl (C=O) groups excluding carboxylic acids is 2. The Morgan fingerprint density at radius 3 is 2.58 bits per heavy atom. The standard InChI is InChI=1S/C27H31N3O5Si/c1-25(2,3)36(6,7)33-14-12-27-19-18(26(4,35-27)21-22(27)34-21)23(31)30(24(19)32)17-11-10-16(28-5)20-15(17)9-8-13-29-20/h8-11,13,18-19,21-22H,12,14H2,1-4,6-7H3/t18-,19+,21-,22+,26?,27?/m1/s1. The first-order valence-corrected chi connectivity index (χ1v) is 15.4. The van der Waals surface area contributed by atoms with Gasteiger partial charge in [-0.25, -0.2) is 9.74 Å². The molecule has 188 valence electrons. The van der Waals surface area contributed by atoms with Crippen LogP contribution in [-0.4, -0.2) is 55.1 Å². The summed E-state index contributed by atoms with van der Waals surface area (Å²) in [6.45, 7) is 20.8. The van der Waals surface area contributed by atoms with Crippen molar-refractivity contribution >= 4 is 42.4 Å². The van der Waals surface area contributed by atoms with Crippen LogP contribution in [0.5, 0.6) is 0 Å². The average molecular weight is 506 g/mol. The Balaban J connectivity index is 1.37. The summed E-state index contributed by atoms with van der Waals surface area (Å²) in [5, 5.41) is 0.678. The molecule has 2 aromatic rings. The van der Waals surface area contributed by atoms with Crippen LogP contribution >= 0.6 is 0 Å². The van der Waals surface area contributed by atoms with Crippen molar-refractivity contribution in [2.24, 2.45) is 11.8 Å². The maximum Gasteiger partial charge on any atom is 0.240 e. The summed E-state index contributed by atoms with van der Waals surface area (Å²) < 4.78 is 19.1. The molecule has 4 aliphatic heterocycles. The van der Waals surface area contributed by atoms with Crippen molar-refractivity contribution in [2.75, 3.05) is 11.5 Å². The van der Waals surface area contributed by atoms with Crippen molar-refractivity contribution in [1.82, 2.24) is 4.98 Å². The molecule has 1 aromatic heterocycles. The van der Waals surface area contributed by atoms with E-state index in [1.54, 1.807) is 30.5 Å². The Bertz CT molecular complexity index is 1360. The molecule has 4 fully saturated rings. The fraction of sp³-hybridized carbons (Fsp3) is 0.556. The van der Waals surface area contributed by atoms with Gasteiger partial charge >= 0.3 is 0 Å². The van der Waals surface area contributed by atoms with Crippen LogP contribution in [0, 0.1) is 18.4 Å². The van der Waals surface area contributed by atoms with Gasteiger partial charge in [-0.3, -0.25) is 14.6 Å². The smallest absolute Gasteiger partial charge is 0.240 e. The van der Waals surface area contributed by atoms with E-state index in [1.807, 2.05) is 6.92 Å². The number of ether oxygens (including phenoxy) is 2.